The van der Waals surface area contributed by atoms with Gasteiger partial charge in [-0.05, 0) is 25.3 Å². The van der Waals surface area contributed by atoms with Gasteiger partial charge < -0.3 is 10.6 Å². The monoisotopic (exact) mass is 312 g/mol. The van der Waals surface area contributed by atoms with E-state index in [1.165, 1.54) is 19.0 Å². The van der Waals surface area contributed by atoms with E-state index in [1.54, 1.807) is 0 Å². The van der Waals surface area contributed by atoms with Crippen molar-refractivity contribution in [2.24, 2.45) is 5.92 Å². The molecule has 1 aliphatic carbocycles. The summed E-state index contributed by atoms with van der Waals surface area (Å²) in [5, 5.41) is 9.02. The molecule has 0 aromatic carbocycles. The fraction of sp³-hybridized carbons (Fsp3) is 0.636. The Morgan fingerprint density at radius 3 is 2.75 bits per heavy atom. The quantitative estimate of drug-likeness (QED) is 0.842. The molecule has 1 saturated carbocycles. The van der Waals surface area contributed by atoms with Crippen molar-refractivity contribution >= 4 is 24.0 Å². The Kier molecular flexibility index (Phi) is 5.82. The highest BCUT2D eigenvalue weighted by Crippen LogP contribution is 2.27. The Bertz CT molecular complexity index is 445. The van der Waals surface area contributed by atoms with Crippen LogP contribution in [0.1, 0.15) is 12.8 Å². The maximum Gasteiger partial charge on any atom is 0.408 e. The molecular weight excluding hydrogens is 297 g/mol. The number of nitrogens with one attached hydrogen (secondary N) is 2. The van der Waals surface area contributed by atoms with Crippen LogP contribution < -0.4 is 10.6 Å². The Morgan fingerprint density at radius 2 is 2.15 bits per heavy atom. The van der Waals surface area contributed by atoms with Gasteiger partial charge in [0.15, 0.2) is 0 Å². The first-order chi connectivity index (χ1) is 8.92. The number of nitrogens with zero attached hydrogens (tertiary/aromatic N) is 2. The van der Waals surface area contributed by atoms with Crippen LogP contribution in [0.4, 0.5) is 18.9 Å². The molecule has 1 aromatic heterocycles. The van der Waals surface area contributed by atoms with E-state index in [1.807, 2.05) is 0 Å². The third kappa shape index (κ3) is 6.25. The molecule has 5 nitrogen and oxygen atoms in total. The summed E-state index contributed by atoms with van der Waals surface area (Å²) < 4.78 is 37.1. The van der Waals surface area contributed by atoms with Crippen molar-refractivity contribution in [3.05, 3.63) is 12.4 Å². The predicted molar refractivity (Wildman–Crippen MR) is 69.8 cm³/mol. The molecule has 0 saturated heterocycles. The summed E-state index contributed by atoms with van der Waals surface area (Å²) in [6, 6.07) is 0. The minimum atomic E-state index is -4.32. The Morgan fingerprint density at radius 1 is 1.45 bits per heavy atom. The van der Waals surface area contributed by atoms with Crippen molar-refractivity contribution in [3.8, 4) is 0 Å². The minimum Gasteiger partial charge on any atom is -0.322 e. The predicted octanol–water partition coefficient (Wildman–Crippen LogP) is 1.81. The molecule has 114 valence electrons. The third-order valence-electron chi connectivity index (χ3n) is 2.67. The van der Waals surface area contributed by atoms with E-state index in [-0.39, 0.29) is 30.5 Å². The van der Waals surface area contributed by atoms with Gasteiger partial charge in [-0.25, -0.2) is 0 Å². The van der Waals surface area contributed by atoms with E-state index in [9.17, 15) is 18.0 Å². The molecule has 1 aliphatic rings. The van der Waals surface area contributed by atoms with Gasteiger partial charge in [0.2, 0.25) is 5.91 Å². The van der Waals surface area contributed by atoms with E-state index >= 15 is 0 Å². The normalized spacial score (nSPS) is 14.8. The van der Waals surface area contributed by atoms with Crippen LogP contribution in [0.3, 0.4) is 0 Å². The molecule has 0 radical (unpaired) electrons. The number of aromatic nitrogens is 2. The number of rotatable bonds is 6. The van der Waals surface area contributed by atoms with Gasteiger partial charge in [0, 0.05) is 6.20 Å². The molecule has 1 fully saturated rings. The van der Waals surface area contributed by atoms with Crippen LogP contribution in [0, 0.1) is 5.92 Å². The SMILES string of the molecule is Cl.O=C(CNCC1CC1)Nc1cnn(CC(F)(F)F)c1. The largest absolute Gasteiger partial charge is 0.408 e. The molecule has 1 amide bonds. The Balaban J connectivity index is 0.00000200. The average Bonchev–Trinajstić information content (AvgIpc) is 2.99. The number of carbonyl (C=O) groups excluding carboxylic acids is 1. The molecule has 0 bridgehead atoms. The average molecular weight is 313 g/mol. The first-order valence-corrected chi connectivity index (χ1v) is 6.02. The van der Waals surface area contributed by atoms with Crippen LogP contribution in [-0.4, -0.2) is 35.0 Å². The lowest BCUT2D eigenvalue weighted by atomic mass is 10.4. The van der Waals surface area contributed by atoms with Crippen LogP contribution in [0.25, 0.3) is 0 Å². The second-order valence-corrected chi connectivity index (χ2v) is 4.66. The lowest BCUT2D eigenvalue weighted by Gasteiger charge is -2.05. The van der Waals surface area contributed by atoms with Crippen LogP contribution >= 0.6 is 12.4 Å². The van der Waals surface area contributed by atoms with Crippen molar-refractivity contribution in [2.45, 2.75) is 25.6 Å². The lowest BCUT2D eigenvalue weighted by molar-refractivity contribution is -0.142. The highest BCUT2D eigenvalue weighted by molar-refractivity contribution is 5.91. The summed E-state index contributed by atoms with van der Waals surface area (Å²) >= 11 is 0. The maximum absolute atomic E-state index is 12.1. The van der Waals surface area contributed by atoms with Crippen molar-refractivity contribution in [3.63, 3.8) is 0 Å². The summed E-state index contributed by atoms with van der Waals surface area (Å²) in [7, 11) is 0. The molecule has 1 aromatic rings. The first kappa shape index (κ1) is 16.8. The molecule has 0 atom stereocenters. The van der Waals surface area contributed by atoms with Gasteiger partial charge in [0.25, 0.3) is 0 Å². The number of amides is 1. The topological polar surface area (TPSA) is 59.0 Å². The second kappa shape index (κ2) is 6.94. The standard InChI is InChI=1S/C11H15F3N4O.ClH/c12-11(13,14)7-18-6-9(4-16-18)17-10(19)5-15-3-8-1-2-8;/h4,6,8,15H,1-3,5,7H2,(H,17,19);1H. The van der Waals surface area contributed by atoms with Gasteiger partial charge in [-0.15, -0.1) is 12.4 Å². The zero-order chi connectivity index (χ0) is 13.9. The van der Waals surface area contributed by atoms with Gasteiger partial charge in [0.1, 0.15) is 6.54 Å². The number of alkyl halides is 3. The summed E-state index contributed by atoms with van der Waals surface area (Å²) in [6.07, 6.45) is 0.424. The van der Waals surface area contributed by atoms with E-state index in [0.29, 0.717) is 5.92 Å². The highest BCUT2D eigenvalue weighted by atomic mass is 35.5. The van der Waals surface area contributed by atoms with Gasteiger partial charge in [-0.1, -0.05) is 0 Å². The molecule has 20 heavy (non-hydrogen) atoms. The smallest absolute Gasteiger partial charge is 0.322 e. The van der Waals surface area contributed by atoms with E-state index in [4.69, 9.17) is 0 Å². The van der Waals surface area contributed by atoms with E-state index in [0.717, 1.165) is 17.4 Å². The number of anilines is 1. The number of halogens is 4. The van der Waals surface area contributed by atoms with Crippen LogP contribution in [-0.2, 0) is 11.3 Å². The summed E-state index contributed by atoms with van der Waals surface area (Å²) in [5.41, 5.74) is 0.266. The fourth-order valence-electron chi connectivity index (χ4n) is 1.62. The molecule has 0 spiro atoms. The zero-order valence-electron chi connectivity index (χ0n) is 10.6. The number of hydrogen-bond acceptors (Lipinski definition) is 3. The highest BCUT2D eigenvalue weighted by Gasteiger charge is 2.28. The van der Waals surface area contributed by atoms with Crippen LogP contribution in [0.15, 0.2) is 12.4 Å². The molecule has 0 unspecified atom stereocenters. The third-order valence-corrected chi connectivity index (χ3v) is 2.67. The van der Waals surface area contributed by atoms with Crippen molar-refractivity contribution in [2.75, 3.05) is 18.4 Å². The number of carbonyl (C=O) groups is 1. The zero-order valence-corrected chi connectivity index (χ0v) is 11.4. The first-order valence-electron chi connectivity index (χ1n) is 6.02. The Hall–Kier alpha value is -1.28. The Labute approximate surface area is 120 Å². The molecule has 9 heteroatoms. The van der Waals surface area contributed by atoms with E-state index in [2.05, 4.69) is 15.7 Å². The van der Waals surface area contributed by atoms with Crippen molar-refractivity contribution in [1.29, 1.82) is 0 Å². The maximum atomic E-state index is 12.1. The van der Waals surface area contributed by atoms with Crippen molar-refractivity contribution < 1.29 is 18.0 Å². The molecule has 1 heterocycles. The summed E-state index contributed by atoms with van der Waals surface area (Å²) in [4.78, 5) is 11.5. The van der Waals surface area contributed by atoms with Crippen molar-refractivity contribution in [1.82, 2.24) is 15.1 Å². The molecule has 2 rings (SSSR count). The fourth-order valence-corrected chi connectivity index (χ4v) is 1.62. The molecular formula is C11H16ClF3N4O. The minimum absolute atomic E-state index is 0. The van der Waals surface area contributed by atoms with Gasteiger partial charge in [0.05, 0.1) is 18.4 Å². The summed E-state index contributed by atoms with van der Waals surface area (Å²) in [5.74, 6) is 0.384. The molecule has 2 N–H and O–H groups in total. The van der Waals surface area contributed by atoms with Gasteiger partial charge >= 0.3 is 6.18 Å². The van der Waals surface area contributed by atoms with E-state index < -0.39 is 12.7 Å². The second-order valence-electron chi connectivity index (χ2n) is 4.66. The summed E-state index contributed by atoms with van der Waals surface area (Å²) in [6.45, 7) is -0.204. The van der Waals surface area contributed by atoms with Gasteiger partial charge in [-0.3, -0.25) is 9.48 Å². The molecule has 0 aliphatic heterocycles. The van der Waals surface area contributed by atoms with Crippen LogP contribution in [0.2, 0.25) is 0 Å². The lowest BCUT2D eigenvalue weighted by Crippen LogP contribution is -2.29. The van der Waals surface area contributed by atoms with Gasteiger partial charge in [-0.2, -0.15) is 18.3 Å². The van der Waals surface area contributed by atoms with Crippen LogP contribution in [0.5, 0.6) is 0 Å². The number of hydrogen-bond donors (Lipinski definition) is 2.